The van der Waals surface area contributed by atoms with E-state index >= 15 is 0 Å². The molecular formula is C15H21N5. The minimum absolute atomic E-state index is 0.226. The molecule has 3 heterocycles. The fraction of sp³-hybridized carbons (Fsp3) is 0.467. The highest BCUT2D eigenvalue weighted by molar-refractivity contribution is 5.34. The Bertz CT molecular complexity index is 514. The number of nitrogens with zero attached hydrogens (tertiary/aromatic N) is 3. The van der Waals surface area contributed by atoms with Crippen LogP contribution in [0.1, 0.15) is 24.4 Å². The van der Waals surface area contributed by atoms with Gasteiger partial charge in [0.2, 0.25) is 5.95 Å². The summed E-state index contributed by atoms with van der Waals surface area (Å²) in [6, 6.07) is 0.226. The Morgan fingerprint density at radius 3 is 2.65 bits per heavy atom. The van der Waals surface area contributed by atoms with E-state index < -0.39 is 0 Å². The Kier molecular flexibility index (Phi) is 3.69. The molecule has 3 N–H and O–H groups in total. The molecule has 0 radical (unpaired) electrons. The first-order valence-electron chi connectivity index (χ1n) is 7.14. The maximum absolute atomic E-state index is 5.60. The first-order valence-corrected chi connectivity index (χ1v) is 7.14. The second-order valence-electron chi connectivity index (χ2n) is 5.48. The average Bonchev–Trinajstić information content (AvgIpc) is 2.49. The molecule has 1 saturated heterocycles. The molecule has 106 valence electrons. The number of allylic oxidation sites excluding steroid dienone is 2. The van der Waals surface area contributed by atoms with Crippen molar-refractivity contribution < 1.29 is 0 Å². The molecule has 0 spiro atoms. The molecule has 1 aromatic rings. The van der Waals surface area contributed by atoms with E-state index in [4.69, 9.17) is 5.73 Å². The number of anilines is 1. The first-order chi connectivity index (χ1) is 9.75. The average molecular weight is 271 g/mol. The summed E-state index contributed by atoms with van der Waals surface area (Å²) in [7, 11) is 2.10. The van der Waals surface area contributed by atoms with Gasteiger partial charge in [-0.1, -0.05) is 6.08 Å². The summed E-state index contributed by atoms with van der Waals surface area (Å²) in [5.41, 5.74) is 8.17. The zero-order valence-corrected chi connectivity index (χ0v) is 11.8. The maximum atomic E-state index is 5.60. The predicted octanol–water partition coefficient (Wildman–Crippen LogP) is 1.48. The van der Waals surface area contributed by atoms with Gasteiger partial charge in [0.15, 0.2) is 0 Å². The zero-order valence-electron chi connectivity index (χ0n) is 11.8. The predicted molar refractivity (Wildman–Crippen MR) is 79.8 cm³/mol. The van der Waals surface area contributed by atoms with Crippen molar-refractivity contribution in [1.82, 2.24) is 20.2 Å². The second-order valence-corrected chi connectivity index (χ2v) is 5.48. The van der Waals surface area contributed by atoms with Crippen LogP contribution in [-0.2, 0) is 0 Å². The molecule has 0 aromatic carbocycles. The number of nitrogens with one attached hydrogen (secondary N) is 1. The van der Waals surface area contributed by atoms with Crippen LogP contribution in [0.2, 0.25) is 0 Å². The van der Waals surface area contributed by atoms with Gasteiger partial charge in [-0.25, -0.2) is 9.97 Å². The lowest BCUT2D eigenvalue weighted by Gasteiger charge is -2.37. The highest BCUT2D eigenvalue weighted by Gasteiger charge is 2.29. The SMILES string of the molecule is CN1C=CC=C(C2CCNCC2)C1c1cnc(N)nc1. The molecule has 1 aromatic heterocycles. The van der Waals surface area contributed by atoms with Crippen molar-refractivity contribution in [3.05, 3.63) is 41.9 Å². The third-order valence-electron chi connectivity index (χ3n) is 4.15. The first kappa shape index (κ1) is 13.1. The van der Waals surface area contributed by atoms with Crippen molar-refractivity contribution in [2.24, 2.45) is 5.92 Å². The van der Waals surface area contributed by atoms with Crippen LogP contribution in [0.3, 0.4) is 0 Å². The Labute approximate surface area is 119 Å². The lowest BCUT2D eigenvalue weighted by atomic mass is 9.82. The van der Waals surface area contributed by atoms with Gasteiger partial charge in [-0.3, -0.25) is 0 Å². The minimum atomic E-state index is 0.226. The Morgan fingerprint density at radius 2 is 1.95 bits per heavy atom. The number of hydrogen-bond acceptors (Lipinski definition) is 5. The molecule has 1 unspecified atom stereocenters. The Balaban J connectivity index is 1.91. The van der Waals surface area contributed by atoms with Crippen molar-refractivity contribution in [3.63, 3.8) is 0 Å². The molecule has 5 heteroatoms. The van der Waals surface area contributed by atoms with Gasteiger partial charge >= 0.3 is 0 Å². The monoisotopic (exact) mass is 271 g/mol. The Morgan fingerprint density at radius 1 is 1.25 bits per heavy atom. The fourth-order valence-electron chi connectivity index (χ4n) is 3.13. The topological polar surface area (TPSA) is 67.1 Å². The third kappa shape index (κ3) is 2.54. The number of likely N-dealkylation sites (N-methyl/N-ethyl adjacent to an activating group) is 1. The number of nitrogens with two attached hydrogens (primary N) is 1. The van der Waals surface area contributed by atoms with Crippen molar-refractivity contribution in [2.75, 3.05) is 25.9 Å². The molecule has 1 atom stereocenters. The van der Waals surface area contributed by atoms with E-state index in [1.165, 1.54) is 18.4 Å². The van der Waals surface area contributed by atoms with Gasteiger partial charge < -0.3 is 16.0 Å². The molecular weight excluding hydrogens is 250 g/mol. The van der Waals surface area contributed by atoms with E-state index in [0.29, 0.717) is 11.9 Å². The summed E-state index contributed by atoms with van der Waals surface area (Å²) < 4.78 is 0. The van der Waals surface area contributed by atoms with Gasteiger partial charge in [0, 0.05) is 25.0 Å². The van der Waals surface area contributed by atoms with Crippen LogP contribution in [0.4, 0.5) is 5.95 Å². The lowest BCUT2D eigenvalue weighted by Crippen LogP contribution is -2.33. The molecule has 0 bridgehead atoms. The summed E-state index contributed by atoms with van der Waals surface area (Å²) in [5.74, 6) is 0.960. The highest BCUT2D eigenvalue weighted by atomic mass is 15.1. The van der Waals surface area contributed by atoms with Crippen LogP contribution < -0.4 is 11.1 Å². The van der Waals surface area contributed by atoms with Crippen LogP contribution in [0, 0.1) is 5.92 Å². The van der Waals surface area contributed by atoms with Gasteiger partial charge in [-0.2, -0.15) is 0 Å². The molecule has 5 nitrogen and oxygen atoms in total. The van der Waals surface area contributed by atoms with E-state index in [9.17, 15) is 0 Å². The number of nitrogen functional groups attached to an aromatic ring is 1. The summed E-state index contributed by atoms with van der Waals surface area (Å²) in [6.07, 6.45) is 12.6. The van der Waals surface area contributed by atoms with E-state index in [1.54, 1.807) is 0 Å². The molecule has 0 aliphatic carbocycles. The third-order valence-corrected chi connectivity index (χ3v) is 4.15. The van der Waals surface area contributed by atoms with Crippen LogP contribution in [-0.4, -0.2) is 35.0 Å². The van der Waals surface area contributed by atoms with Crippen molar-refractivity contribution >= 4 is 5.95 Å². The highest BCUT2D eigenvalue weighted by Crippen LogP contribution is 2.37. The molecule has 20 heavy (non-hydrogen) atoms. The van der Waals surface area contributed by atoms with Crippen LogP contribution in [0.15, 0.2) is 36.3 Å². The van der Waals surface area contributed by atoms with Crippen LogP contribution in [0.5, 0.6) is 0 Å². The second kappa shape index (κ2) is 5.63. The van der Waals surface area contributed by atoms with E-state index in [-0.39, 0.29) is 6.04 Å². The van der Waals surface area contributed by atoms with Gasteiger partial charge in [0.1, 0.15) is 0 Å². The van der Waals surface area contributed by atoms with Crippen molar-refractivity contribution in [1.29, 1.82) is 0 Å². The van der Waals surface area contributed by atoms with Gasteiger partial charge in [-0.15, -0.1) is 0 Å². The van der Waals surface area contributed by atoms with Crippen molar-refractivity contribution in [3.8, 4) is 0 Å². The maximum Gasteiger partial charge on any atom is 0.219 e. The smallest absolute Gasteiger partial charge is 0.219 e. The number of piperidine rings is 1. The summed E-state index contributed by atoms with van der Waals surface area (Å²) >= 11 is 0. The summed E-state index contributed by atoms with van der Waals surface area (Å²) in [5, 5.41) is 3.43. The molecule has 0 saturated carbocycles. The number of rotatable bonds is 2. The van der Waals surface area contributed by atoms with E-state index in [0.717, 1.165) is 18.7 Å². The van der Waals surface area contributed by atoms with E-state index in [1.807, 2.05) is 12.4 Å². The molecule has 0 amide bonds. The fourth-order valence-corrected chi connectivity index (χ4v) is 3.13. The normalized spacial score (nSPS) is 23.8. The van der Waals surface area contributed by atoms with Crippen molar-refractivity contribution in [2.45, 2.75) is 18.9 Å². The lowest BCUT2D eigenvalue weighted by molar-refractivity contribution is 0.315. The Hall–Kier alpha value is -1.88. The van der Waals surface area contributed by atoms with Crippen LogP contribution >= 0.6 is 0 Å². The number of aromatic nitrogens is 2. The standard InChI is InChI=1S/C15H21N5/c1-20-8-2-3-13(11-4-6-17-7-5-11)14(20)12-9-18-15(16)19-10-12/h2-3,8-11,14,17H,4-7H2,1H3,(H2,16,18,19). The van der Waals surface area contributed by atoms with Gasteiger partial charge in [0.25, 0.3) is 0 Å². The number of hydrogen-bond donors (Lipinski definition) is 2. The largest absolute Gasteiger partial charge is 0.370 e. The van der Waals surface area contributed by atoms with Gasteiger partial charge in [0.05, 0.1) is 6.04 Å². The molecule has 3 rings (SSSR count). The summed E-state index contributed by atoms with van der Waals surface area (Å²) in [6.45, 7) is 2.20. The molecule has 2 aliphatic rings. The molecule has 1 fully saturated rings. The quantitative estimate of drug-likeness (QED) is 0.853. The summed E-state index contributed by atoms with van der Waals surface area (Å²) in [4.78, 5) is 10.5. The van der Waals surface area contributed by atoms with E-state index in [2.05, 4.69) is 45.6 Å². The van der Waals surface area contributed by atoms with Gasteiger partial charge in [-0.05, 0) is 49.7 Å². The minimum Gasteiger partial charge on any atom is -0.370 e. The molecule has 2 aliphatic heterocycles. The zero-order chi connectivity index (χ0) is 13.9. The van der Waals surface area contributed by atoms with Crippen LogP contribution in [0.25, 0.3) is 0 Å².